The molecule has 2 aromatic rings. The van der Waals surface area contributed by atoms with Crippen LogP contribution in [0.2, 0.25) is 0 Å². The number of aromatic nitrogens is 3. The Kier molecular flexibility index (Phi) is 6.88. The van der Waals surface area contributed by atoms with Gasteiger partial charge in [0.25, 0.3) is 0 Å². The van der Waals surface area contributed by atoms with Crippen LogP contribution in [0.5, 0.6) is 0 Å². The van der Waals surface area contributed by atoms with Gasteiger partial charge in [-0.25, -0.2) is 4.39 Å². The molecule has 0 radical (unpaired) electrons. The van der Waals surface area contributed by atoms with Crippen molar-refractivity contribution in [1.29, 1.82) is 0 Å². The van der Waals surface area contributed by atoms with Crippen LogP contribution in [0.3, 0.4) is 0 Å². The number of hydrogen-bond acceptors (Lipinski definition) is 4. The Bertz CT molecular complexity index is 838. The summed E-state index contributed by atoms with van der Waals surface area (Å²) in [4.78, 5) is 12.7. The van der Waals surface area contributed by atoms with Gasteiger partial charge in [0.05, 0.1) is 10.8 Å². The second kappa shape index (κ2) is 9.37. The minimum Gasteiger partial charge on any atom is -0.352 e. The summed E-state index contributed by atoms with van der Waals surface area (Å²) in [6.45, 7) is 8.27. The van der Waals surface area contributed by atoms with Crippen molar-refractivity contribution in [2.24, 2.45) is 5.92 Å². The Balaban J connectivity index is 1.75. The Morgan fingerprint density at radius 2 is 2.14 bits per heavy atom. The molecule has 1 aliphatic carbocycles. The minimum atomic E-state index is -0.353. The van der Waals surface area contributed by atoms with E-state index in [1.807, 2.05) is 6.92 Å². The first-order valence-corrected chi connectivity index (χ1v) is 10.6. The maximum absolute atomic E-state index is 14.2. The molecule has 1 aromatic heterocycles. The smallest absolute Gasteiger partial charge is 0.233 e. The summed E-state index contributed by atoms with van der Waals surface area (Å²) in [7, 11) is 0. The molecule has 1 saturated carbocycles. The summed E-state index contributed by atoms with van der Waals surface area (Å²) in [6, 6.07) is 6.72. The summed E-state index contributed by atoms with van der Waals surface area (Å²) < 4.78 is 16.0. The number of carbonyl (C=O) groups is 1. The van der Waals surface area contributed by atoms with Crippen LogP contribution in [0.25, 0.3) is 11.4 Å². The van der Waals surface area contributed by atoms with Crippen LogP contribution in [-0.2, 0) is 11.3 Å². The molecule has 0 saturated heterocycles. The number of allylic oxidation sites excluding steroid dienone is 1. The fourth-order valence-corrected chi connectivity index (χ4v) is 4.42. The number of amides is 1. The van der Waals surface area contributed by atoms with E-state index in [0.717, 1.165) is 19.3 Å². The average Bonchev–Trinajstić information content (AvgIpc) is 3.06. The van der Waals surface area contributed by atoms with Crippen molar-refractivity contribution in [2.45, 2.75) is 62.5 Å². The third-order valence-electron chi connectivity index (χ3n) is 5.23. The van der Waals surface area contributed by atoms with E-state index in [1.54, 1.807) is 28.8 Å². The fraction of sp³-hybridized carbons (Fsp3) is 0.476. The Morgan fingerprint density at radius 1 is 1.39 bits per heavy atom. The second-order valence-electron chi connectivity index (χ2n) is 7.32. The van der Waals surface area contributed by atoms with E-state index in [-0.39, 0.29) is 23.0 Å². The van der Waals surface area contributed by atoms with E-state index in [9.17, 15) is 9.18 Å². The first-order valence-electron chi connectivity index (χ1n) is 9.77. The van der Waals surface area contributed by atoms with Gasteiger partial charge in [-0.3, -0.25) is 9.36 Å². The third-order valence-corrected chi connectivity index (χ3v) is 6.31. The predicted molar refractivity (Wildman–Crippen MR) is 110 cm³/mol. The Labute approximate surface area is 169 Å². The lowest BCUT2D eigenvalue weighted by atomic mass is 9.86. The molecule has 3 atom stereocenters. The maximum atomic E-state index is 14.2. The average molecular weight is 403 g/mol. The van der Waals surface area contributed by atoms with Gasteiger partial charge in [0, 0.05) is 12.6 Å². The molecule has 1 N–H and O–H groups in total. The van der Waals surface area contributed by atoms with Crippen LogP contribution < -0.4 is 5.32 Å². The van der Waals surface area contributed by atoms with Crippen molar-refractivity contribution in [3.05, 3.63) is 42.7 Å². The number of rotatable bonds is 7. The van der Waals surface area contributed by atoms with Gasteiger partial charge in [-0.15, -0.1) is 16.8 Å². The standard InChI is InChI=1S/C21H27FN4OS/c1-4-13-26-19(16-10-6-7-11-17(16)22)24-25-21(26)28-15(3)20(27)23-18-12-8-5-9-14(18)2/h4,6-7,10-11,14-15,18H,1,5,8-9,12-13H2,2-3H3,(H,23,27). The van der Waals surface area contributed by atoms with Gasteiger partial charge in [0.2, 0.25) is 5.91 Å². The predicted octanol–water partition coefficient (Wildman–Crippen LogP) is 4.45. The van der Waals surface area contributed by atoms with Crippen molar-refractivity contribution < 1.29 is 9.18 Å². The Morgan fingerprint density at radius 3 is 2.86 bits per heavy atom. The number of nitrogens with one attached hydrogen (secondary N) is 1. The van der Waals surface area contributed by atoms with Crippen molar-refractivity contribution >= 4 is 17.7 Å². The lowest BCUT2D eigenvalue weighted by molar-refractivity contribution is -0.121. The minimum absolute atomic E-state index is 0.00402. The highest BCUT2D eigenvalue weighted by Crippen LogP contribution is 2.29. The van der Waals surface area contributed by atoms with E-state index < -0.39 is 0 Å². The molecule has 0 aliphatic heterocycles. The zero-order valence-electron chi connectivity index (χ0n) is 16.4. The SMILES string of the molecule is C=CCn1c(SC(C)C(=O)NC2CCCCC2C)nnc1-c1ccccc1F. The van der Waals surface area contributed by atoms with E-state index in [4.69, 9.17) is 0 Å². The van der Waals surface area contributed by atoms with Crippen molar-refractivity contribution in [2.75, 3.05) is 0 Å². The molecule has 1 amide bonds. The molecule has 3 unspecified atom stereocenters. The molecule has 3 rings (SSSR count). The number of halogens is 1. The van der Waals surface area contributed by atoms with Gasteiger partial charge >= 0.3 is 0 Å². The Hall–Kier alpha value is -2.15. The van der Waals surface area contributed by atoms with E-state index >= 15 is 0 Å². The van der Waals surface area contributed by atoms with Crippen molar-refractivity contribution in [3.8, 4) is 11.4 Å². The quantitative estimate of drug-likeness (QED) is 0.549. The summed E-state index contributed by atoms with van der Waals surface area (Å²) in [5.74, 6) is 0.596. The zero-order valence-corrected chi connectivity index (χ0v) is 17.2. The first kappa shape index (κ1) is 20.6. The molecule has 0 bridgehead atoms. The van der Waals surface area contributed by atoms with Crippen LogP contribution in [0, 0.1) is 11.7 Å². The molecule has 5 nitrogen and oxygen atoms in total. The number of nitrogens with zero attached hydrogens (tertiary/aromatic N) is 3. The molecule has 28 heavy (non-hydrogen) atoms. The lowest BCUT2D eigenvalue weighted by Crippen LogP contribution is -2.44. The van der Waals surface area contributed by atoms with Gasteiger partial charge in [0.15, 0.2) is 11.0 Å². The molecular weight excluding hydrogens is 375 g/mol. The van der Waals surface area contributed by atoms with Crippen LogP contribution in [-0.4, -0.2) is 32.0 Å². The van der Waals surface area contributed by atoms with Gasteiger partial charge in [-0.05, 0) is 37.8 Å². The van der Waals surface area contributed by atoms with E-state index in [0.29, 0.717) is 29.0 Å². The van der Waals surface area contributed by atoms with Crippen molar-refractivity contribution in [1.82, 2.24) is 20.1 Å². The highest BCUT2D eigenvalue weighted by molar-refractivity contribution is 8.00. The summed E-state index contributed by atoms with van der Waals surface area (Å²) in [5, 5.41) is 11.8. The van der Waals surface area contributed by atoms with Gasteiger partial charge < -0.3 is 5.32 Å². The van der Waals surface area contributed by atoms with E-state index in [1.165, 1.54) is 24.2 Å². The van der Waals surface area contributed by atoms with Crippen LogP contribution in [0.1, 0.15) is 39.5 Å². The number of carbonyl (C=O) groups excluding carboxylic acids is 1. The van der Waals surface area contributed by atoms with Crippen LogP contribution in [0.4, 0.5) is 4.39 Å². The zero-order chi connectivity index (χ0) is 20.1. The first-order chi connectivity index (χ1) is 13.5. The number of thioether (sulfide) groups is 1. The lowest BCUT2D eigenvalue weighted by Gasteiger charge is -2.30. The molecule has 7 heteroatoms. The number of benzene rings is 1. The van der Waals surface area contributed by atoms with E-state index in [2.05, 4.69) is 29.0 Å². The molecule has 1 aliphatic rings. The molecule has 1 aromatic carbocycles. The normalized spacial score (nSPS) is 20.5. The molecule has 0 spiro atoms. The molecule has 1 heterocycles. The van der Waals surface area contributed by atoms with Crippen LogP contribution in [0.15, 0.2) is 42.1 Å². The molecule has 150 valence electrons. The monoisotopic (exact) mass is 402 g/mol. The fourth-order valence-electron chi connectivity index (χ4n) is 3.55. The van der Waals surface area contributed by atoms with Crippen molar-refractivity contribution in [3.63, 3.8) is 0 Å². The highest BCUT2D eigenvalue weighted by atomic mass is 32.2. The number of hydrogen-bond donors (Lipinski definition) is 1. The summed E-state index contributed by atoms with van der Waals surface area (Å²) in [5.41, 5.74) is 0.386. The third kappa shape index (κ3) is 4.63. The van der Waals surface area contributed by atoms with Crippen LogP contribution >= 0.6 is 11.8 Å². The molecular formula is C21H27FN4OS. The largest absolute Gasteiger partial charge is 0.352 e. The topological polar surface area (TPSA) is 59.8 Å². The maximum Gasteiger partial charge on any atom is 0.233 e. The highest BCUT2D eigenvalue weighted by Gasteiger charge is 2.26. The molecule has 1 fully saturated rings. The van der Waals surface area contributed by atoms with Gasteiger partial charge in [-0.1, -0.05) is 49.7 Å². The second-order valence-corrected chi connectivity index (χ2v) is 8.63. The van der Waals surface area contributed by atoms with Gasteiger partial charge in [-0.2, -0.15) is 0 Å². The summed E-state index contributed by atoms with van der Waals surface area (Å²) in [6.07, 6.45) is 6.31. The van der Waals surface area contributed by atoms with Gasteiger partial charge in [0.1, 0.15) is 5.82 Å². The summed E-state index contributed by atoms with van der Waals surface area (Å²) >= 11 is 1.34.